The van der Waals surface area contributed by atoms with E-state index < -0.39 is 47.4 Å². The number of nitrogens with one attached hydrogen (secondary N) is 2. The van der Waals surface area contributed by atoms with Gasteiger partial charge in [0.05, 0.1) is 54.3 Å². The summed E-state index contributed by atoms with van der Waals surface area (Å²) in [5.74, 6) is -3.34. The summed E-state index contributed by atoms with van der Waals surface area (Å²) in [7, 11) is 1.49. The maximum absolute atomic E-state index is 14.3. The number of methoxy groups -OCH3 is 1. The predicted molar refractivity (Wildman–Crippen MR) is 188 cm³/mol. The Balaban J connectivity index is 1.85. The van der Waals surface area contributed by atoms with Gasteiger partial charge in [0.15, 0.2) is 11.5 Å². The van der Waals surface area contributed by atoms with Crippen LogP contribution in [0.15, 0.2) is 65.1 Å². The number of carbonyl (C=O) groups excluding carboxylic acids is 3. The zero-order valence-corrected chi connectivity index (χ0v) is 29.9. The van der Waals surface area contributed by atoms with E-state index in [0.29, 0.717) is 70.1 Å². The highest BCUT2D eigenvalue weighted by atomic mass is 79.9. The molecule has 1 aliphatic rings. The summed E-state index contributed by atoms with van der Waals surface area (Å²) in [6.07, 6.45) is 0.392. The highest BCUT2D eigenvalue weighted by Crippen LogP contribution is 2.50. The van der Waals surface area contributed by atoms with Crippen LogP contribution < -0.4 is 29.6 Å². The normalized spacial score (nSPS) is 20.6. The molecular weight excluding hydrogens is 680 g/mol. The molecule has 0 bridgehead atoms. The van der Waals surface area contributed by atoms with Gasteiger partial charge in [-0.05, 0) is 91.0 Å². The van der Waals surface area contributed by atoms with Crippen LogP contribution in [0.4, 0.5) is 11.4 Å². The number of benzene rings is 3. The number of halogens is 1. The number of hydrogen-bond acceptors (Lipinski definition) is 8. The fourth-order valence-corrected chi connectivity index (χ4v) is 6.66. The Labute approximate surface area is 290 Å². The molecule has 10 nitrogen and oxygen atoms in total. The molecule has 3 N–H and O–H groups in total. The number of anilines is 2. The minimum absolute atomic E-state index is 0.350. The average Bonchev–Trinajstić information content (AvgIpc) is 3.02. The summed E-state index contributed by atoms with van der Waals surface area (Å²) >= 11 is 3.60. The molecule has 0 saturated heterocycles. The van der Waals surface area contributed by atoms with Crippen LogP contribution in [0.1, 0.15) is 58.9 Å². The molecule has 0 aromatic heterocycles. The minimum atomic E-state index is -1.82. The predicted octanol–water partition coefficient (Wildman–Crippen LogP) is 7.00. The van der Waals surface area contributed by atoms with Crippen molar-refractivity contribution in [3.8, 4) is 23.0 Å². The van der Waals surface area contributed by atoms with E-state index >= 15 is 0 Å². The maximum Gasteiger partial charge on any atom is 0.235 e. The zero-order valence-electron chi connectivity index (χ0n) is 28.3. The van der Waals surface area contributed by atoms with E-state index in [9.17, 15) is 19.5 Å². The van der Waals surface area contributed by atoms with Crippen molar-refractivity contribution < 1.29 is 38.4 Å². The van der Waals surface area contributed by atoms with Gasteiger partial charge >= 0.3 is 0 Å². The number of aliphatic hydroxyl groups is 1. The molecule has 3 aromatic rings. The zero-order chi connectivity index (χ0) is 35.0. The number of ketones is 1. The second-order valence-electron chi connectivity index (χ2n) is 12.4. The highest BCUT2D eigenvalue weighted by Gasteiger charge is 2.56. The molecule has 0 aliphatic heterocycles. The topological polar surface area (TPSA) is 132 Å². The molecule has 4 unspecified atom stereocenters. The Kier molecular flexibility index (Phi) is 12.5. The largest absolute Gasteiger partial charge is 0.493 e. The average molecular weight is 726 g/mol. The van der Waals surface area contributed by atoms with Crippen LogP contribution in [0, 0.1) is 17.8 Å². The smallest absolute Gasteiger partial charge is 0.235 e. The van der Waals surface area contributed by atoms with Crippen LogP contribution in [0.2, 0.25) is 0 Å². The van der Waals surface area contributed by atoms with Crippen molar-refractivity contribution in [1.29, 1.82) is 0 Å². The molecule has 2 amide bonds. The fourth-order valence-electron chi connectivity index (χ4n) is 6.08. The van der Waals surface area contributed by atoms with Crippen LogP contribution in [0.5, 0.6) is 23.0 Å². The van der Waals surface area contributed by atoms with E-state index in [1.807, 2.05) is 13.8 Å². The molecule has 4 atom stereocenters. The molecule has 0 spiro atoms. The molecule has 1 aliphatic carbocycles. The fraction of sp³-hybridized carbons (Fsp3) is 0.432. The van der Waals surface area contributed by atoms with Gasteiger partial charge in [0.2, 0.25) is 11.8 Å². The maximum atomic E-state index is 14.3. The quantitative estimate of drug-likeness (QED) is 0.152. The van der Waals surface area contributed by atoms with Gasteiger partial charge in [0, 0.05) is 12.3 Å². The molecule has 258 valence electrons. The van der Waals surface area contributed by atoms with Crippen LogP contribution >= 0.6 is 15.9 Å². The summed E-state index contributed by atoms with van der Waals surface area (Å²) in [6.45, 7) is 10.5. The standard InChI is InChI=1S/C37H45BrN2O8/c1-7-46-28-15-11-9-13-25(28)39-35(42)32-27(41)21-37(5,44)33(36(43)40-26-14-10-12-16-29(26)47-8-2)31(32)23-19-24(38)34(30(20-23)45-6)48-18-17-22(3)4/h9-16,19-20,22,31-33,44H,7-8,17-18,21H2,1-6H3,(H,39,42)(H,40,43). The van der Waals surface area contributed by atoms with Gasteiger partial charge in [-0.3, -0.25) is 14.4 Å². The van der Waals surface area contributed by atoms with E-state index in [4.69, 9.17) is 18.9 Å². The highest BCUT2D eigenvalue weighted by molar-refractivity contribution is 9.10. The van der Waals surface area contributed by atoms with Gasteiger partial charge in [-0.1, -0.05) is 38.1 Å². The number of ether oxygens (including phenoxy) is 4. The molecule has 48 heavy (non-hydrogen) atoms. The van der Waals surface area contributed by atoms with Crippen molar-refractivity contribution in [2.24, 2.45) is 17.8 Å². The van der Waals surface area contributed by atoms with E-state index in [1.165, 1.54) is 14.0 Å². The Morgan fingerprint density at radius 2 is 1.48 bits per heavy atom. The summed E-state index contributed by atoms with van der Waals surface area (Å²) < 4.78 is 23.7. The van der Waals surface area contributed by atoms with Crippen LogP contribution in [-0.4, -0.2) is 55.2 Å². The van der Waals surface area contributed by atoms with Crippen LogP contribution in [0.25, 0.3) is 0 Å². The Morgan fingerprint density at radius 3 is 2.02 bits per heavy atom. The number of carbonyl (C=O) groups is 3. The van der Waals surface area contributed by atoms with Gasteiger partial charge in [-0.25, -0.2) is 0 Å². The summed E-state index contributed by atoms with van der Waals surface area (Å²) in [4.78, 5) is 42.5. The third-order valence-electron chi connectivity index (χ3n) is 8.30. The van der Waals surface area contributed by atoms with Gasteiger partial charge in [-0.15, -0.1) is 0 Å². The number of amides is 2. The van der Waals surface area contributed by atoms with E-state index in [-0.39, 0.29) is 0 Å². The first kappa shape index (κ1) is 36.7. The van der Waals surface area contributed by atoms with Crippen molar-refractivity contribution in [2.45, 2.75) is 59.0 Å². The lowest BCUT2D eigenvalue weighted by Gasteiger charge is -2.44. The second kappa shape index (κ2) is 16.3. The molecule has 11 heteroatoms. The lowest BCUT2D eigenvalue weighted by atomic mass is 9.61. The van der Waals surface area contributed by atoms with Crippen LogP contribution in [-0.2, 0) is 14.4 Å². The summed E-state index contributed by atoms with van der Waals surface area (Å²) in [5, 5.41) is 17.6. The minimum Gasteiger partial charge on any atom is -0.493 e. The molecule has 4 rings (SSSR count). The van der Waals surface area contributed by atoms with Gasteiger partial charge in [-0.2, -0.15) is 0 Å². The van der Waals surface area contributed by atoms with Crippen molar-refractivity contribution in [2.75, 3.05) is 37.6 Å². The number of Topliss-reactive ketones (excluding diaryl/α,β-unsaturated/α-hetero) is 1. The van der Waals surface area contributed by atoms with Crippen molar-refractivity contribution in [1.82, 2.24) is 0 Å². The Morgan fingerprint density at radius 1 is 0.917 bits per heavy atom. The first-order chi connectivity index (χ1) is 22.9. The van der Waals surface area contributed by atoms with E-state index in [0.717, 1.165) is 6.42 Å². The lowest BCUT2D eigenvalue weighted by molar-refractivity contribution is -0.150. The second-order valence-corrected chi connectivity index (χ2v) is 13.2. The van der Waals surface area contributed by atoms with E-state index in [1.54, 1.807) is 60.7 Å². The van der Waals surface area contributed by atoms with E-state index in [2.05, 4.69) is 40.4 Å². The third-order valence-corrected chi connectivity index (χ3v) is 8.89. The van der Waals surface area contributed by atoms with Gasteiger partial charge in [0.1, 0.15) is 23.2 Å². The van der Waals surface area contributed by atoms with Gasteiger partial charge < -0.3 is 34.7 Å². The Bertz CT molecular complexity index is 1610. The summed E-state index contributed by atoms with van der Waals surface area (Å²) in [6, 6.07) is 17.3. The molecule has 1 saturated carbocycles. The number of hydrogen-bond donors (Lipinski definition) is 3. The SMILES string of the molecule is CCOc1ccccc1NC(=O)C1C(=O)CC(C)(O)C(C(=O)Nc2ccccc2OCC)C1c1cc(Br)c(OCCC(C)C)c(OC)c1. The molecule has 1 fully saturated rings. The molecular formula is C37H45BrN2O8. The van der Waals surface area contributed by atoms with Crippen LogP contribution in [0.3, 0.4) is 0 Å². The number of rotatable bonds is 14. The molecule has 0 radical (unpaired) electrons. The summed E-state index contributed by atoms with van der Waals surface area (Å²) in [5.41, 5.74) is -0.610. The monoisotopic (exact) mass is 724 g/mol. The van der Waals surface area contributed by atoms with Crippen molar-refractivity contribution >= 4 is 44.9 Å². The molecule has 3 aromatic carbocycles. The Hall–Kier alpha value is -4.09. The van der Waals surface area contributed by atoms with Gasteiger partial charge in [0.25, 0.3) is 0 Å². The third kappa shape index (κ3) is 8.49. The lowest BCUT2D eigenvalue weighted by Crippen LogP contribution is -2.56. The number of para-hydroxylation sites is 4. The van der Waals surface area contributed by atoms with Crippen molar-refractivity contribution in [3.63, 3.8) is 0 Å². The first-order valence-corrected chi connectivity index (χ1v) is 17.0. The van der Waals surface area contributed by atoms with Crippen molar-refractivity contribution in [3.05, 3.63) is 70.7 Å². The first-order valence-electron chi connectivity index (χ1n) is 16.2. The molecule has 0 heterocycles.